The van der Waals surface area contributed by atoms with Crippen LogP contribution in [0, 0.1) is 0 Å². The Kier molecular flexibility index (Phi) is 3.70. The molecule has 0 aliphatic heterocycles. The zero-order valence-electron chi connectivity index (χ0n) is 12.0. The normalized spacial score (nSPS) is 14.4. The van der Waals surface area contributed by atoms with Gasteiger partial charge in [-0.15, -0.1) is 6.58 Å². The van der Waals surface area contributed by atoms with E-state index >= 15 is 0 Å². The molecule has 2 aromatic rings. The molecular weight excluding hydrogens is 246 g/mol. The van der Waals surface area contributed by atoms with E-state index in [-0.39, 0.29) is 0 Å². The van der Waals surface area contributed by atoms with Crippen LogP contribution < -0.4 is 10.2 Å². The fourth-order valence-electron chi connectivity index (χ4n) is 2.73. The van der Waals surface area contributed by atoms with Crippen LogP contribution in [0.5, 0.6) is 0 Å². The Morgan fingerprint density at radius 2 is 2.10 bits per heavy atom. The van der Waals surface area contributed by atoms with Crippen LogP contribution in [-0.4, -0.2) is 24.6 Å². The molecule has 1 aliphatic rings. The van der Waals surface area contributed by atoms with Gasteiger partial charge in [0.1, 0.15) is 5.82 Å². The Bertz CT molecular complexity index is 617. The Morgan fingerprint density at radius 3 is 2.75 bits per heavy atom. The van der Waals surface area contributed by atoms with Crippen LogP contribution in [0.1, 0.15) is 18.4 Å². The molecule has 1 heterocycles. The van der Waals surface area contributed by atoms with Gasteiger partial charge in [0.15, 0.2) is 0 Å². The summed E-state index contributed by atoms with van der Waals surface area (Å²) in [5, 5.41) is 5.75. The summed E-state index contributed by atoms with van der Waals surface area (Å²) in [4.78, 5) is 7.13. The molecule has 0 bridgehead atoms. The lowest BCUT2D eigenvalue weighted by Crippen LogP contribution is -2.27. The number of nitrogens with zero attached hydrogens (tertiary/aromatic N) is 2. The molecular formula is C17H21N3. The second kappa shape index (κ2) is 5.63. The van der Waals surface area contributed by atoms with Gasteiger partial charge in [0, 0.05) is 30.7 Å². The molecule has 1 aromatic heterocycles. The number of nitrogens with one attached hydrogen (secondary N) is 1. The quantitative estimate of drug-likeness (QED) is 0.815. The van der Waals surface area contributed by atoms with E-state index in [1.54, 1.807) is 0 Å². The van der Waals surface area contributed by atoms with Gasteiger partial charge in [-0.25, -0.2) is 4.98 Å². The van der Waals surface area contributed by atoms with E-state index in [0.29, 0.717) is 6.04 Å². The van der Waals surface area contributed by atoms with E-state index in [2.05, 4.69) is 41.1 Å². The van der Waals surface area contributed by atoms with Crippen molar-refractivity contribution in [3.8, 4) is 0 Å². The summed E-state index contributed by atoms with van der Waals surface area (Å²) >= 11 is 0. The monoisotopic (exact) mass is 267 g/mol. The number of fused-ring (bicyclic) bond motifs is 1. The Labute approximate surface area is 120 Å². The van der Waals surface area contributed by atoms with Gasteiger partial charge < -0.3 is 10.2 Å². The number of anilines is 1. The first-order chi connectivity index (χ1) is 9.85. The molecule has 3 heteroatoms. The molecule has 0 saturated heterocycles. The van der Waals surface area contributed by atoms with Crippen LogP contribution in [0.2, 0.25) is 0 Å². The first-order valence-corrected chi connectivity index (χ1v) is 7.24. The lowest BCUT2D eigenvalue weighted by molar-refractivity contribution is 0.813. The molecule has 0 radical (unpaired) electrons. The lowest BCUT2D eigenvalue weighted by Gasteiger charge is -2.24. The Morgan fingerprint density at radius 1 is 1.35 bits per heavy atom. The number of pyridine rings is 1. The highest BCUT2D eigenvalue weighted by Crippen LogP contribution is 2.35. The van der Waals surface area contributed by atoms with Crippen molar-refractivity contribution in [1.29, 1.82) is 0 Å². The van der Waals surface area contributed by atoms with Gasteiger partial charge in [-0.1, -0.05) is 30.3 Å². The second-order valence-corrected chi connectivity index (χ2v) is 5.36. The molecule has 0 amide bonds. The third kappa shape index (κ3) is 2.41. The summed E-state index contributed by atoms with van der Waals surface area (Å²) in [6.45, 7) is 5.60. The average molecular weight is 267 g/mol. The first kappa shape index (κ1) is 13.1. The van der Waals surface area contributed by atoms with E-state index < -0.39 is 0 Å². The van der Waals surface area contributed by atoms with Gasteiger partial charge in [-0.3, -0.25) is 0 Å². The SMILES string of the molecule is C=CCN(c1ncc(CNC)c2ccccc12)C1CC1. The van der Waals surface area contributed by atoms with Gasteiger partial charge in [-0.2, -0.15) is 0 Å². The molecule has 1 aliphatic carbocycles. The van der Waals surface area contributed by atoms with E-state index in [0.717, 1.165) is 18.9 Å². The zero-order chi connectivity index (χ0) is 13.9. The number of hydrogen-bond donors (Lipinski definition) is 1. The van der Waals surface area contributed by atoms with Crippen LogP contribution in [0.25, 0.3) is 10.8 Å². The van der Waals surface area contributed by atoms with Crippen molar-refractivity contribution in [2.75, 3.05) is 18.5 Å². The van der Waals surface area contributed by atoms with Crippen molar-refractivity contribution in [2.24, 2.45) is 0 Å². The van der Waals surface area contributed by atoms with Crippen LogP contribution >= 0.6 is 0 Å². The van der Waals surface area contributed by atoms with E-state index in [9.17, 15) is 0 Å². The molecule has 0 unspecified atom stereocenters. The van der Waals surface area contributed by atoms with E-state index in [1.165, 1.54) is 29.2 Å². The predicted molar refractivity (Wildman–Crippen MR) is 85.1 cm³/mol. The van der Waals surface area contributed by atoms with Crippen molar-refractivity contribution in [3.63, 3.8) is 0 Å². The molecule has 0 atom stereocenters. The van der Waals surface area contributed by atoms with Gasteiger partial charge in [0.25, 0.3) is 0 Å². The topological polar surface area (TPSA) is 28.2 Å². The number of rotatable bonds is 6. The summed E-state index contributed by atoms with van der Waals surface area (Å²) in [6.07, 6.45) is 6.51. The maximum absolute atomic E-state index is 4.74. The number of aromatic nitrogens is 1. The van der Waals surface area contributed by atoms with E-state index in [1.807, 2.05) is 19.3 Å². The highest BCUT2D eigenvalue weighted by molar-refractivity contribution is 5.94. The summed E-state index contributed by atoms with van der Waals surface area (Å²) in [7, 11) is 1.97. The van der Waals surface area contributed by atoms with Gasteiger partial charge in [-0.05, 0) is 30.8 Å². The molecule has 0 spiro atoms. The minimum atomic E-state index is 0.638. The fourth-order valence-corrected chi connectivity index (χ4v) is 2.73. The van der Waals surface area contributed by atoms with Crippen LogP contribution in [-0.2, 0) is 6.54 Å². The smallest absolute Gasteiger partial charge is 0.136 e. The maximum Gasteiger partial charge on any atom is 0.136 e. The van der Waals surface area contributed by atoms with Crippen LogP contribution in [0.4, 0.5) is 5.82 Å². The third-order valence-electron chi connectivity index (χ3n) is 3.81. The highest BCUT2D eigenvalue weighted by Gasteiger charge is 2.30. The Hall–Kier alpha value is -1.87. The molecule has 1 saturated carbocycles. The minimum Gasteiger partial charge on any atom is -0.349 e. The molecule has 3 nitrogen and oxygen atoms in total. The van der Waals surface area contributed by atoms with Crippen LogP contribution in [0.3, 0.4) is 0 Å². The average Bonchev–Trinajstić information content (AvgIpc) is 3.30. The van der Waals surface area contributed by atoms with Crippen molar-refractivity contribution < 1.29 is 0 Å². The minimum absolute atomic E-state index is 0.638. The zero-order valence-corrected chi connectivity index (χ0v) is 12.0. The molecule has 104 valence electrons. The second-order valence-electron chi connectivity index (χ2n) is 5.36. The highest BCUT2D eigenvalue weighted by atomic mass is 15.2. The maximum atomic E-state index is 4.74. The Balaban J connectivity index is 2.11. The standard InChI is InChI=1S/C17H21N3/c1-3-10-20(14-8-9-14)17-16-7-5-4-6-15(16)13(11-18-2)12-19-17/h3-7,12,14,18H,1,8-11H2,2H3. The predicted octanol–water partition coefficient (Wildman–Crippen LogP) is 3.11. The van der Waals surface area contributed by atoms with Gasteiger partial charge in [0.2, 0.25) is 0 Å². The summed E-state index contributed by atoms with van der Waals surface area (Å²) < 4.78 is 0. The molecule has 20 heavy (non-hydrogen) atoms. The first-order valence-electron chi connectivity index (χ1n) is 7.24. The fraction of sp³-hybridized carbons (Fsp3) is 0.353. The summed E-state index contributed by atoms with van der Waals surface area (Å²) in [5.41, 5.74) is 1.25. The summed E-state index contributed by atoms with van der Waals surface area (Å²) in [5.74, 6) is 1.10. The molecule has 1 aromatic carbocycles. The number of benzene rings is 1. The number of hydrogen-bond acceptors (Lipinski definition) is 3. The molecule has 1 fully saturated rings. The summed E-state index contributed by atoms with van der Waals surface area (Å²) in [6, 6.07) is 9.19. The molecule has 3 rings (SSSR count). The van der Waals surface area contributed by atoms with Crippen molar-refractivity contribution >= 4 is 16.6 Å². The molecule has 1 N–H and O–H groups in total. The van der Waals surface area contributed by atoms with Gasteiger partial charge in [0.05, 0.1) is 0 Å². The van der Waals surface area contributed by atoms with Gasteiger partial charge >= 0.3 is 0 Å². The largest absolute Gasteiger partial charge is 0.349 e. The third-order valence-corrected chi connectivity index (χ3v) is 3.81. The van der Waals surface area contributed by atoms with E-state index in [4.69, 9.17) is 4.98 Å². The van der Waals surface area contributed by atoms with Crippen molar-refractivity contribution in [1.82, 2.24) is 10.3 Å². The van der Waals surface area contributed by atoms with Crippen LogP contribution in [0.15, 0.2) is 43.1 Å². The van der Waals surface area contributed by atoms with Crippen molar-refractivity contribution in [2.45, 2.75) is 25.4 Å². The van der Waals surface area contributed by atoms with Crippen molar-refractivity contribution in [3.05, 3.63) is 48.7 Å². The lowest BCUT2D eigenvalue weighted by atomic mass is 10.1.